The minimum Gasteiger partial charge on any atom is -0.353 e. The van der Waals surface area contributed by atoms with Crippen LogP contribution in [-0.2, 0) is 17.6 Å². The highest BCUT2D eigenvalue weighted by atomic mass is 16.2. The molecule has 0 atom stereocenters. The van der Waals surface area contributed by atoms with E-state index < -0.39 is 0 Å². The zero-order chi connectivity index (χ0) is 20.9. The molecular weight excluding hydrogens is 372 g/mol. The van der Waals surface area contributed by atoms with Gasteiger partial charge in [0.25, 0.3) is 0 Å². The summed E-state index contributed by atoms with van der Waals surface area (Å²) in [4.78, 5) is 26.4. The Morgan fingerprint density at radius 3 is 2.07 bits per heavy atom. The first-order valence-electron chi connectivity index (χ1n) is 10.5. The molecule has 5 heteroatoms. The number of aromatic nitrogens is 2. The molecule has 3 aromatic rings. The Bertz CT molecular complexity index is 996. The minimum atomic E-state index is 0.195. The first-order chi connectivity index (χ1) is 14.6. The van der Waals surface area contributed by atoms with E-state index in [-0.39, 0.29) is 5.91 Å². The Morgan fingerprint density at radius 2 is 1.43 bits per heavy atom. The summed E-state index contributed by atoms with van der Waals surface area (Å²) < 4.78 is 0. The Labute approximate surface area is 178 Å². The van der Waals surface area contributed by atoms with Crippen LogP contribution in [0, 0.1) is 13.8 Å². The number of hydrogen-bond donors (Lipinski definition) is 0. The van der Waals surface area contributed by atoms with Gasteiger partial charge in [0.2, 0.25) is 5.91 Å². The molecule has 2 heterocycles. The predicted molar refractivity (Wildman–Crippen MR) is 120 cm³/mol. The normalized spacial score (nSPS) is 14.1. The van der Waals surface area contributed by atoms with Gasteiger partial charge in [-0.2, -0.15) is 0 Å². The molecule has 1 aliphatic rings. The summed E-state index contributed by atoms with van der Waals surface area (Å²) in [6.45, 7) is 7.03. The molecule has 154 valence electrons. The number of carbonyl (C=O) groups excluding carboxylic acids is 1. The fourth-order valence-corrected chi connectivity index (χ4v) is 4.04. The summed E-state index contributed by atoms with van der Waals surface area (Å²) in [5, 5.41) is 0. The van der Waals surface area contributed by atoms with Crippen molar-refractivity contribution >= 4 is 11.7 Å². The molecule has 0 N–H and O–H groups in total. The average Bonchev–Trinajstić information content (AvgIpc) is 2.77. The molecule has 0 radical (unpaired) electrons. The van der Waals surface area contributed by atoms with Crippen LogP contribution < -0.4 is 4.90 Å². The molecule has 0 unspecified atom stereocenters. The zero-order valence-electron chi connectivity index (χ0n) is 17.7. The van der Waals surface area contributed by atoms with Crippen molar-refractivity contribution in [2.75, 3.05) is 31.1 Å². The van der Waals surface area contributed by atoms with Crippen molar-refractivity contribution in [2.45, 2.75) is 26.7 Å². The molecule has 30 heavy (non-hydrogen) atoms. The van der Waals surface area contributed by atoms with E-state index in [1.807, 2.05) is 48.2 Å². The van der Waals surface area contributed by atoms with Crippen molar-refractivity contribution in [2.24, 2.45) is 0 Å². The van der Waals surface area contributed by atoms with Gasteiger partial charge in [-0.25, -0.2) is 9.97 Å². The molecule has 1 aliphatic heterocycles. The van der Waals surface area contributed by atoms with Gasteiger partial charge >= 0.3 is 0 Å². The summed E-state index contributed by atoms with van der Waals surface area (Å²) in [6.07, 6.45) is 1.28. The van der Waals surface area contributed by atoms with Crippen molar-refractivity contribution in [3.63, 3.8) is 0 Å². The fourth-order valence-electron chi connectivity index (χ4n) is 4.04. The van der Waals surface area contributed by atoms with E-state index in [0.29, 0.717) is 6.42 Å². The Morgan fingerprint density at radius 1 is 0.833 bits per heavy atom. The van der Waals surface area contributed by atoms with E-state index in [4.69, 9.17) is 4.98 Å². The zero-order valence-corrected chi connectivity index (χ0v) is 17.7. The van der Waals surface area contributed by atoms with E-state index in [1.165, 1.54) is 11.1 Å². The standard InChI is InChI=1S/C25H28N4O/c1-19-23(17-21-9-5-3-6-10-21)25(27-20(2)26-19)29-15-13-28(14-16-29)24(30)18-22-11-7-4-8-12-22/h3-12H,13-18H2,1-2H3. The van der Waals surface area contributed by atoms with E-state index in [9.17, 15) is 4.79 Å². The molecule has 0 bridgehead atoms. The van der Waals surface area contributed by atoms with Crippen LogP contribution in [0.4, 0.5) is 5.82 Å². The molecule has 1 aromatic heterocycles. The highest BCUT2D eigenvalue weighted by Crippen LogP contribution is 2.25. The van der Waals surface area contributed by atoms with Crippen LogP contribution in [0.25, 0.3) is 0 Å². The molecule has 0 saturated carbocycles. The fraction of sp³-hybridized carbons (Fsp3) is 0.320. The van der Waals surface area contributed by atoms with Crippen LogP contribution in [0.3, 0.4) is 0 Å². The van der Waals surface area contributed by atoms with E-state index in [0.717, 1.165) is 55.5 Å². The van der Waals surface area contributed by atoms with Crippen LogP contribution >= 0.6 is 0 Å². The number of rotatable bonds is 5. The summed E-state index contributed by atoms with van der Waals surface area (Å²) >= 11 is 0. The summed E-state index contributed by atoms with van der Waals surface area (Å²) in [5.74, 6) is 2.00. The molecule has 2 aromatic carbocycles. The number of hydrogen-bond acceptors (Lipinski definition) is 4. The second-order valence-corrected chi connectivity index (χ2v) is 7.85. The lowest BCUT2D eigenvalue weighted by atomic mass is 10.0. The second-order valence-electron chi connectivity index (χ2n) is 7.85. The van der Waals surface area contributed by atoms with Crippen molar-refractivity contribution in [1.29, 1.82) is 0 Å². The van der Waals surface area contributed by atoms with Crippen LogP contribution in [-0.4, -0.2) is 47.0 Å². The number of piperazine rings is 1. The maximum atomic E-state index is 12.7. The van der Waals surface area contributed by atoms with Gasteiger partial charge in [0.1, 0.15) is 11.6 Å². The van der Waals surface area contributed by atoms with Gasteiger partial charge in [-0.1, -0.05) is 60.7 Å². The molecule has 4 rings (SSSR count). The summed E-state index contributed by atoms with van der Waals surface area (Å²) in [6, 6.07) is 20.4. The van der Waals surface area contributed by atoms with E-state index in [2.05, 4.69) is 41.1 Å². The first-order valence-corrected chi connectivity index (χ1v) is 10.5. The third-order valence-electron chi connectivity index (χ3n) is 5.66. The maximum absolute atomic E-state index is 12.7. The van der Waals surface area contributed by atoms with Gasteiger partial charge in [0.05, 0.1) is 6.42 Å². The molecule has 5 nitrogen and oxygen atoms in total. The van der Waals surface area contributed by atoms with Crippen LogP contribution in [0.5, 0.6) is 0 Å². The molecule has 1 amide bonds. The van der Waals surface area contributed by atoms with Gasteiger partial charge in [0.15, 0.2) is 0 Å². The van der Waals surface area contributed by atoms with E-state index in [1.54, 1.807) is 0 Å². The SMILES string of the molecule is Cc1nc(C)c(Cc2ccccc2)c(N2CCN(C(=O)Cc3ccccc3)CC2)n1. The Kier molecular flexibility index (Phi) is 6.07. The lowest BCUT2D eigenvalue weighted by Gasteiger charge is -2.36. The molecular formula is C25H28N4O. The number of anilines is 1. The summed E-state index contributed by atoms with van der Waals surface area (Å²) in [7, 11) is 0. The maximum Gasteiger partial charge on any atom is 0.227 e. The van der Waals surface area contributed by atoms with Crippen molar-refractivity contribution in [1.82, 2.24) is 14.9 Å². The van der Waals surface area contributed by atoms with Crippen LogP contribution in [0.2, 0.25) is 0 Å². The number of nitrogens with zero attached hydrogens (tertiary/aromatic N) is 4. The minimum absolute atomic E-state index is 0.195. The molecule has 1 fully saturated rings. The lowest BCUT2D eigenvalue weighted by Crippen LogP contribution is -2.49. The van der Waals surface area contributed by atoms with Crippen LogP contribution in [0.1, 0.15) is 28.2 Å². The number of aryl methyl sites for hydroxylation is 2. The largest absolute Gasteiger partial charge is 0.353 e. The lowest BCUT2D eigenvalue weighted by molar-refractivity contribution is -0.130. The van der Waals surface area contributed by atoms with Crippen molar-refractivity contribution in [3.8, 4) is 0 Å². The molecule has 0 spiro atoms. The van der Waals surface area contributed by atoms with Crippen molar-refractivity contribution < 1.29 is 4.79 Å². The third-order valence-corrected chi connectivity index (χ3v) is 5.66. The summed E-state index contributed by atoms with van der Waals surface area (Å²) in [5.41, 5.74) is 4.53. The van der Waals surface area contributed by atoms with E-state index >= 15 is 0 Å². The highest BCUT2D eigenvalue weighted by Gasteiger charge is 2.24. The predicted octanol–water partition coefficient (Wildman–Crippen LogP) is 3.58. The van der Waals surface area contributed by atoms with Gasteiger partial charge in [-0.05, 0) is 25.0 Å². The van der Waals surface area contributed by atoms with Crippen molar-refractivity contribution in [3.05, 3.63) is 88.9 Å². The first kappa shape index (κ1) is 20.1. The smallest absolute Gasteiger partial charge is 0.227 e. The van der Waals surface area contributed by atoms with Gasteiger partial charge in [0, 0.05) is 43.9 Å². The number of carbonyl (C=O) groups is 1. The highest BCUT2D eigenvalue weighted by molar-refractivity contribution is 5.79. The number of amides is 1. The van der Waals surface area contributed by atoms with Crippen LogP contribution in [0.15, 0.2) is 60.7 Å². The van der Waals surface area contributed by atoms with Gasteiger partial charge in [-0.15, -0.1) is 0 Å². The topological polar surface area (TPSA) is 49.3 Å². The van der Waals surface area contributed by atoms with Gasteiger partial charge < -0.3 is 9.80 Å². The van der Waals surface area contributed by atoms with Gasteiger partial charge in [-0.3, -0.25) is 4.79 Å². The second kappa shape index (κ2) is 9.08. The third kappa shape index (κ3) is 4.67. The molecule has 1 saturated heterocycles. The molecule has 0 aliphatic carbocycles. The Balaban J connectivity index is 1.47. The quantitative estimate of drug-likeness (QED) is 0.657. The number of benzene rings is 2. The Hall–Kier alpha value is -3.21. The average molecular weight is 401 g/mol. The monoisotopic (exact) mass is 400 g/mol.